The summed E-state index contributed by atoms with van der Waals surface area (Å²) in [6.45, 7) is 1.94. The Morgan fingerprint density at radius 2 is 1.60 bits per heavy atom. The minimum Gasteiger partial charge on any atom is -0.504 e. The lowest BCUT2D eigenvalue weighted by Gasteiger charge is -2.36. The van der Waals surface area contributed by atoms with Gasteiger partial charge in [-0.05, 0) is 54.7 Å². The lowest BCUT2D eigenvalue weighted by atomic mass is 9.72. The van der Waals surface area contributed by atoms with E-state index in [4.69, 9.17) is 5.10 Å². The third-order valence-corrected chi connectivity index (χ3v) is 7.07. The van der Waals surface area contributed by atoms with Crippen LogP contribution in [0, 0.1) is 6.92 Å². The van der Waals surface area contributed by atoms with Crippen LogP contribution in [0.4, 0.5) is 5.82 Å². The van der Waals surface area contributed by atoms with Crippen LogP contribution in [-0.2, 0) is 4.79 Å². The molecule has 1 aliphatic carbocycles. The molecule has 2 atom stereocenters. The van der Waals surface area contributed by atoms with Gasteiger partial charge in [0.1, 0.15) is 5.82 Å². The average molecular weight is 464 g/mol. The third-order valence-electron chi connectivity index (χ3n) is 7.07. The molecule has 35 heavy (non-hydrogen) atoms. The number of ketones is 1. The van der Waals surface area contributed by atoms with E-state index in [9.17, 15) is 15.0 Å². The van der Waals surface area contributed by atoms with E-state index in [2.05, 4.69) is 17.4 Å². The molecule has 6 rings (SSSR count). The first kappa shape index (κ1) is 21.2. The maximum absolute atomic E-state index is 13.7. The summed E-state index contributed by atoms with van der Waals surface area (Å²) in [7, 11) is 0. The van der Waals surface area contributed by atoms with Crippen LogP contribution >= 0.6 is 0 Å². The molecule has 0 fully saturated rings. The molecule has 0 bridgehead atoms. The van der Waals surface area contributed by atoms with Gasteiger partial charge in [0.2, 0.25) is 0 Å². The predicted octanol–water partition coefficient (Wildman–Crippen LogP) is 5.55. The van der Waals surface area contributed by atoms with E-state index in [-0.39, 0.29) is 23.2 Å². The Hall–Kier alpha value is -4.32. The van der Waals surface area contributed by atoms with Crippen molar-refractivity contribution >= 4 is 11.6 Å². The zero-order chi connectivity index (χ0) is 24.1. The van der Waals surface area contributed by atoms with Gasteiger partial charge < -0.3 is 15.5 Å². The SMILES string of the molecule is Cc1nn(-c2ccccc2)c2c1[C@@H](c1ccc(O)c(O)c1)C1=C(C[C@H](c3ccccc3)CC1=O)N2. The molecule has 2 aliphatic rings. The van der Waals surface area contributed by atoms with Gasteiger partial charge in [-0.1, -0.05) is 54.6 Å². The lowest BCUT2D eigenvalue weighted by Crippen LogP contribution is -2.30. The van der Waals surface area contributed by atoms with Gasteiger partial charge in [-0.25, -0.2) is 4.68 Å². The molecule has 0 unspecified atom stereocenters. The topological polar surface area (TPSA) is 87.4 Å². The van der Waals surface area contributed by atoms with Crippen LogP contribution in [0.25, 0.3) is 5.69 Å². The number of aryl methyl sites for hydroxylation is 1. The van der Waals surface area contributed by atoms with E-state index in [1.165, 1.54) is 6.07 Å². The number of carbonyl (C=O) groups is 1. The van der Waals surface area contributed by atoms with Gasteiger partial charge in [-0.2, -0.15) is 5.10 Å². The molecule has 1 aliphatic heterocycles. The van der Waals surface area contributed by atoms with Crippen molar-refractivity contribution in [2.45, 2.75) is 31.6 Å². The summed E-state index contributed by atoms with van der Waals surface area (Å²) in [6.07, 6.45) is 1.12. The van der Waals surface area contributed by atoms with Crippen LogP contribution in [0.1, 0.15) is 47.1 Å². The smallest absolute Gasteiger partial charge is 0.162 e. The maximum Gasteiger partial charge on any atom is 0.162 e. The molecule has 6 heteroatoms. The minimum absolute atomic E-state index is 0.0829. The van der Waals surface area contributed by atoms with Gasteiger partial charge in [0.25, 0.3) is 0 Å². The fourth-order valence-electron chi connectivity index (χ4n) is 5.45. The number of nitrogens with zero attached hydrogens (tertiary/aromatic N) is 2. The number of nitrogens with one attached hydrogen (secondary N) is 1. The first-order chi connectivity index (χ1) is 17.0. The molecule has 174 valence electrons. The number of Topliss-reactive ketones (excluding diaryl/α,β-unsaturated/α-hetero) is 1. The number of fused-ring (bicyclic) bond motifs is 1. The van der Waals surface area contributed by atoms with Crippen molar-refractivity contribution in [1.29, 1.82) is 0 Å². The Balaban J connectivity index is 1.55. The quantitative estimate of drug-likeness (QED) is 0.347. The highest BCUT2D eigenvalue weighted by Crippen LogP contribution is 2.50. The van der Waals surface area contributed by atoms with Gasteiger partial charge in [0, 0.05) is 29.2 Å². The van der Waals surface area contributed by atoms with Crippen LogP contribution in [0.3, 0.4) is 0 Å². The van der Waals surface area contributed by atoms with Gasteiger partial charge in [-0.15, -0.1) is 0 Å². The molecule has 0 spiro atoms. The number of rotatable bonds is 3. The Bertz CT molecular complexity index is 1470. The number of phenolic OH excluding ortho intramolecular Hbond substituents is 2. The molecule has 0 saturated heterocycles. The number of allylic oxidation sites excluding steroid dienone is 2. The summed E-state index contributed by atoms with van der Waals surface area (Å²) < 4.78 is 1.89. The minimum atomic E-state index is -0.394. The van der Waals surface area contributed by atoms with Crippen molar-refractivity contribution in [3.05, 3.63) is 113 Å². The van der Waals surface area contributed by atoms with Crippen molar-refractivity contribution in [3.8, 4) is 17.2 Å². The van der Waals surface area contributed by atoms with Crippen molar-refractivity contribution in [1.82, 2.24) is 9.78 Å². The summed E-state index contributed by atoms with van der Waals surface area (Å²) in [5, 5.41) is 28.7. The highest BCUT2D eigenvalue weighted by molar-refractivity contribution is 6.01. The number of aromatic hydroxyl groups is 2. The molecule has 1 aromatic heterocycles. The average Bonchev–Trinajstić information content (AvgIpc) is 3.21. The van der Waals surface area contributed by atoms with Crippen molar-refractivity contribution in [2.24, 2.45) is 0 Å². The molecule has 0 saturated carbocycles. The summed E-state index contributed by atoms with van der Waals surface area (Å²) in [5.41, 5.74) is 6.12. The zero-order valence-corrected chi connectivity index (χ0v) is 19.3. The number of para-hydroxylation sites is 1. The van der Waals surface area contributed by atoms with Gasteiger partial charge in [0.15, 0.2) is 17.3 Å². The number of benzene rings is 3. The number of hydrogen-bond acceptors (Lipinski definition) is 5. The van der Waals surface area contributed by atoms with E-state index in [0.29, 0.717) is 18.4 Å². The normalized spacial score (nSPS) is 19.2. The van der Waals surface area contributed by atoms with Crippen LogP contribution in [0.2, 0.25) is 0 Å². The monoisotopic (exact) mass is 463 g/mol. The first-order valence-electron chi connectivity index (χ1n) is 11.8. The summed E-state index contributed by atoms with van der Waals surface area (Å²) in [5.74, 6) is 0.208. The Morgan fingerprint density at radius 3 is 2.31 bits per heavy atom. The summed E-state index contributed by atoms with van der Waals surface area (Å²) >= 11 is 0. The molecule has 0 radical (unpaired) electrons. The Kier molecular flexibility index (Phi) is 4.95. The van der Waals surface area contributed by atoms with Crippen LogP contribution < -0.4 is 5.32 Å². The van der Waals surface area contributed by atoms with Crippen molar-refractivity contribution in [3.63, 3.8) is 0 Å². The third kappa shape index (κ3) is 3.49. The maximum atomic E-state index is 13.7. The number of hydrogen-bond donors (Lipinski definition) is 3. The summed E-state index contributed by atoms with van der Waals surface area (Å²) in [4.78, 5) is 13.7. The van der Waals surface area contributed by atoms with Gasteiger partial charge in [-0.3, -0.25) is 4.79 Å². The number of anilines is 1. The van der Waals surface area contributed by atoms with E-state index >= 15 is 0 Å². The second-order valence-electron chi connectivity index (χ2n) is 9.23. The van der Waals surface area contributed by atoms with Gasteiger partial charge in [0.05, 0.1) is 11.4 Å². The fourth-order valence-corrected chi connectivity index (χ4v) is 5.45. The van der Waals surface area contributed by atoms with Crippen molar-refractivity contribution in [2.75, 3.05) is 5.32 Å². The molecule has 0 amide bonds. The molecule has 3 aromatic carbocycles. The van der Waals surface area contributed by atoms with Gasteiger partial charge >= 0.3 is 0 Å². The fraction of sp³-hybridized carbons (Fsp3) is 0.172. The van der Waals surface area contributed by atoms with E-state index in [1.807, 2.05) is 60.1 Å². The molecule has 3 N–H and O–H groups in total. The van der Waals surface area contributed by atoms with E-state index in [1.54, 1.807) is 12.1 Å². The highest BCUT2D eigenvalue weighted by Gasteiger charge is 2.41. The Morgan fingerprint density at radius 1 is 0.886 bits per heavy atom. The van der Waals surface area contributed by atoms with E-state index < -0.39 is 5.92 Å². The number of phenols is 2. The molecular weight excluding hydrogens is 438 g/mol. The number of aromatic nitrogens is 2. The predicted molar refractivity (Wildman–Crippen MR) is 134 cm³/mol. The second kappa shape index (κ2) is 8.17. The number of carbonyl (C=O) groups excluding carboxylic acids is 1. The van der Waals surface area contributed by atoms with Crippen LogP contribution in [0.5, 0.6) is 11.5 Å². The van der Waals surface area contributed by atoms with Crippen LogP contribution in [0.15, 0.2) is 90.1 Å². The molecule has 6 nitrogen and oxygen atoms in total. The van der Waals surface area contributed by atoms with Crippen molar-refractivity contribution < 1.29 is 15.0 Å². The standard InChI is InChI=1S/C29H25N3O3/c1-17-26-27(19-12-13-23(33)24(34)15-19)28-22(14-20(16-25(28)35)18-8-4-2-5-9-18)30-29(26)32(31-17)21-10-6-3-7-11-21/h2-13,15,20,27,30,33-34H,14,16H2,1H3/t20-,27+/m0/s1. The largest absolute Gasteiger partial charge is 0.504 e. The van der Waals surface area contributed by atoms with Crippen LogP contribution in [-0.4, -0.2) is 25.8 Å². The zero-order valence-electron chi connectivity index (χ0n) is 19.3. The lowest BCUT2D eigenvalue weighted by molar-refractivity contribution is -0.116. The summed E-state index contributed by atoms with van der Waals surface area (Å²) in [6, 6.07) is 24.8. The Labute approximate surface area is 203 Å². The second-order valence-corrected chi connectivity index (χ2v) is 9.23. The molecule has 2 heterocycles. The van der Waals surface area contributed by atoms with E-state index in [0.717, 1.165) is 39.6 Å². The highest BCUT2D eigenvalue weighted by atomic mass is 16.3. The molecule has 4 aromatic rings. The molecular formula is C29H25N3O3. The first-order valence-corrected chi connectivity index (χ1v) is 11.8.